The van der Waals surface area contributed by atoms with E-state index < -0.39 is 10.0 Å². The Morgan fingerprint density at radius 3 is 2.38 bits per heavy atom. The summed E-state index contributed by atoms with van der Waals surface area (Å²) in [5.41, 5.74) is 0. The van der Waals surface area contributed by atoms with Gasteiger partial charge in [0.2, 0.25) is 10.0 Å². The van der Waals surface area contributed by atoms with Gasteiger partial charge in [-0.3, -0.25) is 0 Å². The van der Waals surface area contributed by atoms with Gasteiger partial charge in [-0.2, -0.15) is 4.31 Å². The lowest BCUT2D eigenvalue weighted by molar-refractivity contribution is 0.222. The summed E-state index contributed by atoms with van der Waals surface area (Å²) in [5, 5.41) is 8.83. The van der Waals surface area contributed by atoms with Gasteiger partial charge in [-0.05, 0) is 26.2 Å². The Morgan fingerprint density at radius 1 is 1.25 bits per heavy atom. The minimum Gasteiger partial charge on any atom is -0.396 e. The summed E-state index contributed by atoms with van der Waals surface area (Å²) >= 11 is 0. The van der Waals surface area contributed by atoms with Gasteiger partial charge in [-0.1, -0.05) is 19.3 Å². The van der Waals surface area contributed by atoms with Gasteiger partial charge in [0.1, 0.15) is 0 Å². The maximum atomic E-state index is 11.9. The number of aliphatic hydroxyl groups excluding tert-OH is 1. The SMILES string of the molecule is CCS(=O)(=O)N(CCCO)C1CCCCC1. The van der Waals surface area contributed by atoms with Crippen LogP contribution >= 0.6 is 0 Å². The van der Waals surface area contributed by atoms with E-state index in [-0.39, 0.29) is 18.4 Å². The molecule has 0 aromatic carbocycles. The average molecular weight is 249 g/mol. The van der Waals surface area contributed by atoms with Crippen LogP contribution in [-0.4, -0.2) is 42.8 Å². The van der Waals surface area contributed by atoms with Gasteiger partial charge in [0, 0.05) is 19.2 Å². The molecule has 1 rings (SSSR count). The highest BCUT2D eigenvalue weighted by Crippen LogP contribution is 2.25. The lowest BCUT2D eigenvalue weighted by Gasteiger charge is -2.33. The fraction of sp³-hybridized carbons (Fsp3) is 1.00. The molecule has 0 saturated heterocycles. The van der Waals surface area contributed by atoms with E-state index in [1.165, 1.54) is 6.42 Å². The summed E-state index contributed by atoms with van der Waals surface area (Å²) in [7, 11) is -3.11. The van der Waals surface area contributed by atoms with E-state index in [1.807, 2.05) is 0 Å². The van der Waals surface area contributed by atoms with Crippen LogP contribution in [0.1, 0.15) is 45.4 Å². The predicted molar refractivity (Wildman–Crippen MR) is 64.7 cm³/mol. The molecule has 0 atom stereocenters. The molecular formula is C11H23NO3S. The molecule has 1 saturated carbocycles. The first-order valence-corrected chi connectivity index (χ1v) is 7.83. The van der Waals surface area contributed by atoms with Crippen LogP contribution in [0.3, 0.4) is 0 Å². The Kier molecular flexibility index (Phi) is 5.72. The van der Waals surface area contributed by atoms with Crippen molar-refractivity contribution in [2.45, 2.75) is 51.5 Å². The molecule has 96 valence electrons. The van der Waals surface area contributed by atoms with E-state index in [4.69, 9.17) is 5.11 Å². The van der Waals surface area contributed by atoms with Gasteiger partial charge >= 0.3 is 0 Å². The van der Waals surface area contributed by atoms with Crippen molar-refractivity contribution < 1.29 is 13.5 Å². The molecule has 1 aliphatic carbocycles. The summed E-state index contributed by atoms with van der Waals surface area (Å²) in [4.78, 5) is 0. The lowest BCUT2D eigenvalue weighted by atomic mass is 9.95. The number of aliphatic hydroxyl groups is 1. The zero-order valence-electron chi connectivity index (χ0n) is 10.1. The Hall–Kier alpha value is -0.130. The van der Waals surface area contributed by atoms with Crippen molar-refractivity contribution in [3.8, 4) is 0 Å². The molecule has 1 fully saturated rings. The van der Waals surface area contributed by atoms with Crippen LogP contribution in [0.2, 0.25) is 0 Å². The third-order valence-corrected chi connectivity index (χ3v) is 5.17. The summed E-state index contributed by atoms with van der Waals surface area (Å²) < 4.78 is 25.5. The smallest absolute Gasteiger partial charge is 0.214 e. The highest BCUT2D eigenvalue weighted by atomic mass is 32.2. The first-order chi connectivity index (χ1) is 7.61. The van der Waals surface area contributed by atoms with Crippen LogP contribution < -0.4 is 0 Å². The fourth-order valence-corrected chi connectivity index (χ4v) is 3.71. The molecule has 0 aliphatic heterocycles. The number of nitrogens with zero attached hydrogens (tertiary/aromatic N) is 1. The van der Waals surface area contributed by atoms with E-state index >= 15 is 0 Å². The van der Waals surface area contributed by atoms with Crippen LogP contribution in [0, 0.1) is 0 Å². The highest BCUT2D eigenvalue weighted by molar-refractivity contribution is 7.89. The zero-order valence-corrected chi connectivity index (χ0v) is 10.9. The number of rotatable bonds is 6. The Bertz CT molecular complexity index is 284. The van der Waals surface area contributed by atoms with Crippen LogP contribution in [0.15, 0.2) is 0 Å². The maximum Gasteiger partial charge on any atom is 0.214 e. The van der Waals surface area contributed by atoms with Crippen molar-refractivity contribution in [3.63, 3.8) is 0 Å². The van der Waals surface area contributed by atoms with Crippen molar-refractivity contribution in [3.05, 3.63) is 0 Å². The third kappa shape index (κ3) is 3.71. The molecule has 0 aromatic rings. The molecule has 16 heavy (non-hydrogen) atoms. The van der Waals surface area contributed by atoms with E-state index in [0.717, 1.165) is 25.7 Å². The van der Waals surface area contributed by atoms with Gasteiger partial charge in [0.15, 0.2) is 0 Å². The molecule has 0 heterocycles. The van der Waals surface area contributed by atoms with Gasteiger partial charge in [0.05, 0.1) is 5.75 Å². The minimum atomic E-state index is -3.11. The summed E-state index contributed by atoms with van der Waals surface area (Å²) in [6.07, 6.45) is 5.96. The number of hydrogen-bond donors (Lipinski definition) is 1. The molecule has 5 heteroatoms. The topological polar surface area (TPSA) is 57.6 Å². The van der Waals surface area contributed by atoms with Gasteiger partial charge < -0.3 is 5.11 Å². The van der Waals surface area contributed by atoms with Crippen LogP contribution in [0.25, 0.3) is 0 Å². The van der Waals surface area contributed by atoms with Crippen molar-refractivity contribution >= 4 is 10.0 Å². The van der Waals surface area contributed by atoms with Gasteiger partial charge in [-0.15, -0.1) is 0 Å². The molecule has 0 spiro atoms. The second-order valence-corrected chi connectivity index (χ2v) is 6.59. The van der Waals surface area contributed by atoms with Crippen molar-refractivity contribution in [1.82, 2.24) is 4.31 Å². The Balaban J connectivity index is 2.69. The molecule has 0 amide bonds. The average Bonchev–Trinajstić information content (AvgIpc) is 2.31. The maximum absolute atomic E-state index is 11.9. The largest absolute Gasteiger partial charge is 0.396 e. The molecule has 0 unspecified atom stereocenters. The quantitative estimate of drug-likeness (QED) is 0.773. The zero-order chi connectivity index (χ0) is 12.0. The molecule has 0 aromatic heterocycles. The van der Waals surface area contributed by atoms with Crippen molar-refractivity contribution in [2.75, 3.05) is 18.9 Å². The summed E-state index contributed by atoms with van der Waals surface area (Å²) in [6.45, 7) is 2.21. The minimum absolute atomic E-state index is 0.0580. The Morgan fingerprint density at radius 2 is 1.88 bits per heavy atom. The van der Waals surface area contributed by atoms with Crippen LogP contribution in [0.5, 0.6) is 0 Å². The van der Waals surface area contributed by atoms with Gasteiger partial charge in [0.25, 0.3) is 0 Å². The monoisotopic (exact) mass is 249 g/mol. The Labute approximate surface area is 98.7 Å². The van der Waals surface area contributed by atoms with Crippen LogP contribution in [0.4, 0.5) is 0 Å². The normalized spacial score (nSPS) is 19.2. The van der Waals surface area contributed by atoms with Crippen LogP contribution in [-0.2, 0) is 10.0 Å². The van der Waals surface area contributed by atoms with E-state index in [2.05, 4.69) is 0 Å². The summed E-state index contributed by atoms with van der Waals surface area (Å²) in [6, 6.07) is 0.172. The third-order valence-electron chi connectivity index (χ3n) is 3.24. The molecular weight excluding hydrogens is 226 g/mol. The fourth-order valence-electron chi connectivity index (χ4n) is 2.31. The van der Waals surface area contributed by atoms with Crippen molar-refractivity contribution in [2.24, 2.45) is 0 Å². The van der Waals surface area contributed by atoms with Gasteiger partial charge in [-0.25, -0.2) is 8.42 Å². The first kappa shape index (κ1) is 13.9. The second kappa shape index (κ2) is 6.57. The highest BCUT2D eigenvalue weighted by Gasteiger charge is 2.28. The van der Waals surface area contributed by atoms with E-state index in [0.29, 0.717) is 13.0 Å². The summed E-state index contributed by atoms with van der Waals surface area (Å²) in [5.74, 6) is 0.162. The first-order valence-electron chi connectivity index (χ1n) is 6.22. The standard InChI is InChI=1S/C11H23NO3S/c1-2-16(14,15)12(9-6-10-13)11-7-4-3-5-8-11/h11,13H,2-10H2,1H3. The second-order valence-electron chi connectivity index (χ2n) is 4.38. The molecule has 1 N–H and O–H groups in total. The molecule has 0 bridgehead atoms. The predicted octanol–water partition coefficient (Wildman–Crippen LogP) is 1.35. The number of hydrogen-bond acceptors (Lipinski definition) is 3. The lowest BCUT2D eigenvalue weighted by Crippen LogP contribution is -2.43. The number of sulfonamides is 1. The molecule has 4 nitrogen and oxygen atoms in total. The molecule has 1 aliphatic rings. The van der Waals surface area contributed by atoms with E-state index in [1.54, 1.807) is 11.2 Å². The van der Waals surface area contributed by atoms with E-state index in [9.17, 15) is 8.42 Å². The molecule has 0 radical (unpaired) electrons. The van der Waals surface area contributed by atoms with Crippen molar-refractivity contribution in [1.29, 1.82) is 0 Å².